The number of rotatable bonds is 4. The maximum atomic E-state index is 5.98. The molecule has 1 unspecified atom stereocenters. The maximum absolute atomic E-state index is 5.98. The van der Waals surface area contributed by atoms with Crippen LogP contribution < -0.4 is 5.32 Å². The largest absolute Gasteiger partial charge is 0.383 e. The Morgan fingerprint density at radius 2 is 2.46 bits per heavy atom. The van der Waals surface area contributed by atoms with Gasteiger partial charge in [0.15, 0.2) is 0 Å². The molecule has 72 valence electrons. The molecule has 4 heteroatoms. The number of hydrogen-bond acceptors (Lipinski definition) is 3. The van der Waals surface area contributed by atoms with Gasteiger partial charge in [0.1, 0.15) is 0 Å². The van der Waals surface area contributed by atoms with Crippen molar-refractivity contribution in [3.63, 3.8) is 0 Å². The first-order valence-electron chi connectivity index (χ1n) is 4.05. The summed E-state index contributed by atoms with van der Waals surface area (Å²) < 4.78 is 5.06. The quantitative estimate of drug-likeness (QED) is 0.803. The minimum Gasteiger partial charge on any atom is -0.383 e. The first kappa shape index (κ1) is 10.4. The molecule has 13 heavy (non-hydrogen) atoms. The van der Waals surface area contributed by atoms with Gasteiger partial charge in [-0.2, -0.15) is 0 Å². The van der Waals surface area contributed by atoms with Gasteiger partial charge in [0, 0.05) is 19.5 Å². The van der Waals surface area contributed by atoms with Gasteiger partial charge in [0.25, 0.3) is 0 Å². The lowest BCUT2D eigenvalue weighted by atomic mass is 10.1. The predicted octanol–water partition coefficient (Wildman–Crippen LogP) is 1.64. The highest BCUT2D eigenvalue weighted by Crippen LogP contribution is 2.21. The number of aromatic nitrogens is 1. The number of nitrogens with one attached hydrogen (secondary N) is 1. The number of likely N-dealkylation sites (N-methyl/N-ethyl adjacent to an activating group) is 1. The second-order valence-corrected chi connectivity index (χ2v) is 3.10. The number of pyridine rings is 1. The van der Waals surface area contributed by atoms with Crippen LogP contribution in [0.25, 0.3) is 0 Å². The van der Waals surface area contributed by atoms with E-state index in [4.69, 9.17) is 16.3 Å². The van der Waals surface area contributed by atoms with Crippen molar-refractivity contribution in [2.24, 2.45) is 0 Å². The lowest BCUT2D eigenvalue weighted by molar-refractivity contribution is 0.170. The van der Waals surface area contributed by atoms with Gasteiger partial charge in [-0.3, -0.25) is 4.98 Å². The van der Waals surface area contributed by atoms with E-state index in [9.17, 15) is 0 Å². The maximum Gasteiger partial charge on any atom is 0.0658 e. The van der Waals surface area contributed by atoms with Crippen LogP contribution in [0.1, 0.15) is 11.6 Å². The zero-order chi connectivity index (χ0) is 9.68. The minimum atomic E-state index is 0.125. The van der Waals surface area contributed by atoms with E-state index in [1.54, 1.807) is 19.5 Å². The molecular weight excluding hydrogens is 188 g/mol. The minimum absolute atomic E-state index is 0.125. The molecule has 0 bridgehead atoms. The smallest absolute Gasteiger partial charge is 0.0658 e. The predicted molar refractivity (Wildman–Crippen MR) is 52.9 cm³/mol. The average molecular weight is 201 g/mol. The van der Waals surface area contributed by atoms with Gasteiger partial charge in [0.05, 0.1) is 17.7 Å². The molecule has 0 fully saturated rings. The lowest BCUT2D eigenvalue weighted by Gasteiger charge is -2.16. The molecule has 0 aliphatic rings. The van der Waals surface area contributed by atoms with Crippen molar-refractivity contribution < 1.29 is 4.74 Å². The van der Waals surface area contributed by atoms with Crippen LogP contribution in [0, 0.1) is 0 Å². The van der Waals surface area contributed by atoms with Crippen molar-refractivity contribution in [3.8, 4) is 0 Å². The SMILES string of the molecule is CNC(COC)c1ccncc1Cl. The van der Waals surface area contributed by atoms with Crippen molar-refractivity contribution in [1.29, 1.82) is 0 Å². The Morgan fingerprint density at radius 1 is 1.69 bits per heavy atom. The van der Waals surface area contributed by atoms with Crippen molar-refractivity contribution in [2.75, 3.05) is 20.8 Å². The van der Waals surface area contributed by atoms with Gasteiger partial charge in [0.2, 0.25) is 0 Å². The standard InChI is InChI=1S/C9H13ClN2O/c1-11-9(6-13-2)7-3-4-12-5-8(7)10/h3-5,9,11H,6H2,1-2H3. The van der Waals surface area contributed by atoms with Gasteiger partial charge >= 0.3 is 0 Å². The third kappa shape index (κ3) is 2.66. The molecule has 1 atom stereocenters. The Balaban J connectivity index is 2.84. The number of nitrogens with zero attached hydrogens (tertiary/aromatic N) is 1. The van der Waals surface area contributed by atoms with Gasteiger partial charge < -0.3 is 10.1 Å². The summed E-state index contributed by atoms with van der Waals surface area (Å²) in [6, 6.07) is 2.02. The lowest BCUT2D eigenvalue weighted by Crippen LogP contribution is -2.21. The number of hydrogen-bond donors (Lipinski definition) is 1. The number of halogens is 1. The molecule has 0 radical (unpaired) electrons. The zero-order valence-electron chi connectivity index (χ0n) is 7.75. The van der Waals surface area contributed by atoms with E-state index in [0.29, 0.717) is 11.6 Å². The molecule has 0 aromatic carbocycles. The Kier molecular flexibility index (Phi) is 4.15. The second kappa shape index (κ2) is 5.17. The molecule has 1 aromatic rings. The third-order valence-electron chi connectivity index (χ3n) is 1.86. The summed E-state index contributed by atoms with van der Waals surface area (Å²) in [7, 11) is 3.54. The van der Waals surface area contributed by atoms with Crippen LogP contribution in [0.15, 0.2) is 18.5 Å². The summed E-state index contributed by atoms with van der Waals surface area (Å²) in [5.74, 6) is 0. The van der Waals surface area contributed by atoms with E-state index in [2.05, 4.69) is 10.3 Å². The highest BCUT2D eigenvalue weighted by molar-refractivity contribution is 6.31. The second-order valence-electron chi connectivity index (χ2n) is 2.69. The Bertz CT molecular complexity index is 268. The van der Waals surface area contributed by atoms with Crippen LogP contribution in [0.3, 0.4) is 0 Å². The highest BCUT2D eigenvalue weighted by Gasteiger charge is 2.11. The summed E-state index contributed by atoms with van der Waals surface area (Å²) in [5, 5.41) is 3.79. The van der Waals surface area contributed by atoms with Crippen LogP contribution in [-0.4, -0.2) is 25.7 Å². The molecule has 0 aliphatic heterocycles. The van der Waals surface area contributed by atoms with E-state index in [-0.39, 0.29) is 6.04 Å². The Hall–Kier alpha value is -0.640. The van der Waals surface area contributed by atoms with Gasteiger partial charge in [-0.25, -0.2) is 0 Å². The van der Waals surface area contributed by atoms with E-state index in [0.717, 1.165) is 5.56 Å². The molecule has 0 amide bonds. The van der Waals surface area contributed by atoms with Crippen LogP contribution in [-0.2, 0) is 4.74 Å². The Morgan fingerprint density at radius 3 is 3.00 bits per heavy atom. The van der Waals surface area contributed by atoms with Crippen molar-refractivity contribution in [1.82, 2.24) is 10.3 Å². The molecular formula is C9H13ClN2O. The fraction of sp³-hybridized carbons (Fsp3) is 0.444. The monoisotopic (exact) mass is 200 g/mol. The molecule has 1 aromatic heterocycles. The van der Waals surface area contributed by atoms with Crippen molar-refractivity contribution in [2.45, 2.75) is 6.04 Å². The molecule has 0 saturated carbocycles. The van der Waals surface area contributed by atoms with Crippen LogP contribution >= 0.6 is 11.6 Å². The third-order valence-corrected chi connectivity index (χ3v) is 2.18. The highest BCUT2D eigenvalue weighted by atomic mass is 35.5. The fourth-order valence-electron chi connectivity index (χ4n) is 1.16. The van der Waals surface area contributed by atoms with E-state index >= 15 is 0 Å². The summed E-state index contributed by atoms with van der Waals surface area (Å²) in [6.07, 6.45) is 3.36. The first-order valence-corrected chi connectivity index (χ1v) is 4.43. The van der Waals surface area contributed by atoms with Gasteiger partial charge in [-0.15, -0.1) is 0 Å². The topological polar surface area (TPSA) is 34.1 Å². The Labute approximate surface area is 83.1 Å². The molecule has 0 spiro atoms. The van der Waals surface area contributed by atoms with E-state index < -0.39 is 0 Å². The van der Waals surface area contributed by atoms with Crippen LogP contribution in [0.4, 0.5) is 0 Å². The van der Waals surface area contributed by atoms with E-state index in [1.807, 2.05) is 13.1 Å². The summed E-state index contributed by atoms with van der Waals surface area (Å²) in [5.41, 5.74) is 1.01. The summed E-state index contributed by atoms with van der Waals surface area (Å²) >= 11 is 5.98. The molecule has 3 nitrogen and oxygen atoms in total. The molecule has 1 N–H and O–H groups in total. The van der Waals surface area contributed by atoms with Crippen LogP contribution in [0.2, 0.25) is 5.02 Å². The van der Waals surface area contributed by atoms with Crippen molar-refractivity contribution >= 4 is 11.6 Å². The van der Waals surface area contributed by atoms with Crippen LogP contribution in [0.5, 0.6) is 0 Å². The normalized spacial score (nSPS) is 12.8. The molecule has 0 saturated heterocycles. The van der Waals surface area contributed by atoms with Gasteiger partial charge in [-0.05, 0) is 18.7 Å². The number of ether oxygens (including phenoxy) is 1. The first-order chi connectivity index (χ1) is 6.29. The van der Waals surface area contributed by atoms with Gasteiger partial charge in [-0.1, -0.05) is 11.6 Å². The molecule has 0 aliphatic carbocycles. The number of methoxy groups -OCH3 is 1. The van der Waals surface area contributed by atoms with Crippen molar-refractivity contribution in [3.05, 3.63) is 29.0 Å². The summed E-state index contributed by atoms with van der Waals surface area (Å²) in [6.45, 7) is 0.597. The average Bonchev–Trinajstić information content (AvgIpc) is 2.16. The molecule has 1 rings (SSSR count). The zero-order valence-corrected chi connectivity index (χ0v) is 8.51. The van der Waals surface area contributed by atoms with E-state index in [1.165, 1.54) is 0 Å². The summed E-state index contributed by atoms with van der Waals surface area (Å²) in [4.78, 5) is 3.92. The molecule has 1 heterocycles. The fourth-order valence-corrected chi connectivity index (χ4v) is 1.41.